The van der Waals surface area contributed by atoms with Gasteiger partial charge in [0.2, 0.25) is 5.91 Å². The van der Waals surface area contributed by atoms with Gasteiger partial charge >= 0.3 is 0 Å². The van der Waals surface area contributed by atoms with Crippen LogP contribution in [0.3, 0.4) is 0 Å². The maximum atomic E-state index is 12.3. The van der Waals surface area contributed by atoms with E-state index in [1.54, 1.807) is 0 Å². The molecule has 0 bridgehead atoms. The Morgan fingerprint density at radius 2 is 2.06 bits per heavy atom. The number of amides is 1. The lowest BCUT2D eigenvalue weighted by atomic mass is 9.85. The number of nitrogens with zero attached hydrogens (tertiary/aromatic N) is 1. The van der Waals surface area contributed by atoms with Gasteiger partial charge in [0.15, 0.2) is 0 Å². The lowest BCUT2D eigenvalue weighted by molar-refractivity contribution is -0.133. The number of hydrogen-bond acceptors (Lipinski definition) is 2. The molecular weight excluding hydrogens is 224 g/mol. The highest BCUT2D eigenvalue weighted by Crippen LogP contribution is 2.27. The number of carbonyl (C=O) groups excluding carboxylic acids is 1. The van der Waals surface area contributed by atoms with Crippen LogP contribution >= 0.6 is 0 Å². The number of rotatable bonds is 8. The molecule has 18 heavy (non-hydrogen) atoms. The van der Waals surface area contributed by atoms with Crippen LogP contribution in [-0.2, 0) is 4.79 Å². The first-order chi connectivity index (χ1) is 8.56. The second-order valence-corrected chi connectivity index (χ2v) is 6.16. The van der Waals surface area contributed by atoms with E-state index >= 15 is 0 Å². The lowest BCUT2D eigenvalue weighted by Crippen LogP contribution is -2.38. The SMILES string of the molecule is CCN(CC1CCC1)C(=O)C[C@@H](CN)CC(C)C. The zero-order chi connectivity index (χ0) is 13.5. The first-order valence-electron chi connectivity index (χ1n) is 7.54. The van der Waals surface area contributed by atoms with Crippen LogP contribution in [0.5, 0.6) is 0 Å². The fourth-order valence-electron chi connectivity index (χ4n) is 2.70. The quantitative estimate of drug-likeness (QED) is 0.724. The molecule has 3 heteroatoms. The van der Waals surface area contributed by atoms with E-state index < -0.39 is 0 Å². The molecule has 0 spiro atoms. The predicted octanol–water partition coefficient (Wildman–Crippen LogP) is 2.65. The summed E-state index contributed by atoms with van der Waals surface area (Å²) >= 11 is 0. The number of carbonyl (C=O) groups is 1. The summed E-state index contributed by atoms with van der Waals surface area (Å²) in [5.74, 6) is 2.04. The average Bonchev–Trinajstić information content (AvgIpc) is 2.26. The highest BCUT2D eigenvalue weighted by atomic mass is 16.2. The van der Waals surface area contributed by atoms with Crippen molar-refractivity contribution in [3.05, 3.63) is 0 Å². The molecular formula is C15H30N2O. The van der Waals surface area contributed by atoms with E-state index in [2.05, 4.69) is 20.8 Å². The van der Waals surface area contributed by atoms with Gasteiger partial charge in [-0.2, -0.15) is 0 Å². The van der Waals surface area contributed by atoms with Gasteiger partial charge in [-0.15, -0.1) is 0 Å². The first kappa shape index (κ1) is 15.5. The van der Waals surface area contributed by atoms with E-state index in [0.717, 1.165) is 25.4 Å². The normalized spacial score (nSPS) is 17.6. The molecule has 0 heterocycles. The smallest absolute Gasteiger partial charge is 0.222 e. The topological polar surface area (TPSA) is 46.3 Å². The Balaban J connectivity index is 2.38. The van der Waals surface area contributed by atoms with E-state index in [1.807, 2.05) is 4.90 Å². The summed E-state index contributed by atoms with van der Waals surface area (Å²) in [5, 5.41) is 0. The molecule has 1 atom stereocenters. The van der Waals surface area contributed by atoms with Crippen molar-refractivity contribution < 1.29 is 4.79 Å². The van der Waals surface area contributed by atoms with Crippen LogP contribution in [0.15, 0.2) is 0 Å². The Labute approximate surface area is 112 Å². The predicted molar refractivity (Wildman–Crippen MR) is 76.2 cm³/mol. The molecule has 3 nitrogen and oxygen atoms in total. The van der Waals surface area contributed by atoms with Gasteiger partial charge in [-0.1, -0.05) is 20.3 Å². The maximum Gasteiger partial charge on any atom is 0.222 e. The molecule has 106 valence electrons. The first-order valence-corrected chi connectivity index (χ1v) is 7.54. The largest absolute Gasteiger partial charge is 0.343 e. The Morgan fingerprint density at radius 1 is 1.39 bits per heavy atom. The molecule has 0 aromatic heterocycles. The van der Waals surface area contributed by atoms with Crippen molar-refractivity contribution in [3.63, 3.8) is 0 Å². The van der Waals surface area contributed by atoms with Gasteiger partial charge < -0.3 is 10.6 Å². The minimum atomic E-state index is 0.306. The standard InChI is InChI=1S/C15H30N2O/c1-4-17(11-13-6-5-7-13)15(18)9-14(10-16)8-12(2)3/h12-14H,4-11,16H2,1-3H3/t14-/m0/s1. The third kappa shape index (κ3) is 4.97. The van der Waals surface area contributed by atoms with E-state index in [4.69, 9.17) is 5.73 Å². The second-order valence-electron chi connectivity index (χ2n) is 6.16. The summed E-state index contributed by atoms with van der Waals surface area (Å²) in [6, 6.07) is 0. The van der Waals surface area contributed by atoms with Crippen LogP contribution in [-0.4, -0.2) is 30.4 Å². The minimum Gasteiger partial charge on any atom is -0.343 e. The summed E-state index contributed by atoms with van der Waals surface area (Å²) < 4.78 is 0. The zero-order valence-corrected chi connectivity index (χ0v) is 12.3. The number of nitrogens with two attached hydrogens (primary N) is 1. The summed E-state index contributed by atoms with van der Waals surface area (Å²) in [4.78, 5) is 14.3. The van der Waals surface area contributed by atoms with Crippen molar-refractivity contribution in [2.24, 2.45) is 23.5 Å². The zero-order valence-electron chi connectivity index (χ0n) is 12.3. The fraction of sp³-hybridized carbons (Fsp3) is 0.933. The highest BCUT2D eigenvalue weighted by molar-refractivity contribution is 5.76. The van der Waals surface area contributed by atoms with Crippen LogP contribution in [0.4, 0.5) is 0 Å². The second kappa shape index (κ2) is 7.78. The van der Waals surface area contributed by atoms with Crippen molar-refractivity contribution in [2.75, 3.05) is 19.6 Å². The van der Waals surface area contributed by atoms with Gasteiger partial charge in [-0.05, 0) is 50.5 Å². The van der Waals surface area contributed by atoms with E-state index in [-0.39, 0.29) is 0 Å². The van der Waals surface area contributed by atoms with Gasteiger partial charge in [-0.25, -0.2) is 0 Å². The van der Waals surface area contributed by atoms with Crippen LogP contribution in [0.25, 0.3) is 0 Å². The minimum absolute atomic E-state index is 0.306. The highest BCUT2D eigenvalue weighted by Gasteiger charge is 2.24. The van der Waals surface area contributed by atoms with Crippen molar-refractivity contribution in [1.82, 2.24) is 4.90 Å². The van der Waals surface area contributed by atoms with Gasteiger partial charge in [0.05, 0.1) is 0 Å². The molecule has 1 fully saturated rings. The molecule has 0 aromatic carbocycles. The molecule has 1 saturated carbocycles. The third-order valence-electron chi connectivity index (χ3n) is 4.04. The van der Waals surface area contributed by atoms with Crippen molar-refractivity contribution in [3.8, 4) is 0 Å². The van der Waals surface area contributed by atoms with Gasteiger partial charge in [0.1, 0.15) is 0 Å². The summed E-state index contributed by atoms with van der Waals surface area (Å²) in [6.07, 6.45) is 5.64. The Bertz CT molecular complexity index is 249. The Morgan fingerprint density at radius 3 is 2.44 bits per heavy atom. The molecule has 0 unspecified atom stereocenters. The van der Waals surface area contributed by atoms with Gasteiger partial charge in [0.25, 0.3) is 0 Å². The van der Waals surface area contributed by atoms with Crippen LogP contribution < -0.4 is 5.73 Å². The van der Waals surface area contributed by atoms with Crippen LogP contribution in [0, 0.1) is 17.8 Å². The lowest BCUT2D eigenvalue weighted by Gasteiger charge is -2.32. The van der Waals surface area contributed by atoms with Crippen LogP contribution in [0.1, 0.15) is 52.9 Å². The maximum absolute atomic E-state index is 12.3. The molecule has 1 aliphatic rings. The summed E-state index contributed by atoms with van der Waals surface area (Å²) in [7, 11) is 0. The third-order valence-corrected chi connectivity index (χ3v) is 4.04. The molecule has 0 aromatic rings. The molecule has 1 aliphatic carbocycles. The monoisotopic (exact) mass is 254 g/mol. The molecule has 2 N–H and O–H groups in total. The molecule has 0 radical (unpaired) electrons. The fourth-order valence-corrected chi connectivity index (χ4v) is 2.70. The van der Waals surface area contributed by atoms with Crippen molar-refractivity contribution in [2.45, 2.75) is 52.9 Å². The van der Waals surface area contributed by atoms with Crippen molar-refractivity contribution in [1.29, 1.82) is 0 Å². The molecule has 1 rings (SSSR count). The number of hydrogen-bond donors (Lipinski definition) is 1. The average molecular weight is 254 g/mol. The van der Waals surface area contributed by atoms with E-state index in [0.29, 0.717) is 30.7 Å². The Kier molecular flexibility index (Phi) is 6.69. The van der Waals surface area contributed by atoms with E-state index in [9.17, 15) is 4.79 Å². The Hall–Kier alpha value is -0.570. The van der Waals surface area contributed by atoms with Gasteiger partial charge in [-0.3, -0.25) is 4.79 Å². The molecule has 0 aliphatic heterocycles. The molecule has 0 saturated heterocycles. The van der Waals surface area contributed by atoms with Gasteiger partial charge in [0, 0.05) is 19.5 Å². The summed E-state index contributed by atoms with van der Waals surface area (Å²) in [6.45, 7) is 8.90. The van der Waals surface area contributed by atoms with E-state index in [1.165, 1.54) is 19.3 Å². The molecule has 1 amide bonds. The summed E-state index contributed by atoms with van der Waals surface area (Å²) in [5.41, 5.74) is 5.78. The van der Waals surface area contributed by atoms with Crippen LogP contribution in [0.2, 0.25) is 0 Å². The van der Waals surface area contributed by atoms with Crippen molar-refractivity contribution >= 4 is 5.91 Å².